The van der Waals surface area contributed by atoms with E-state index >= 15 is 0 Å². The summed E-state index contributed by atoms with van der Waals surface area (Å²) in [4.78, 5) is 18.1. The SMILES string of the molecule is CC(C)(C)OC(=O)N1CCn2c(Cc3cccnc3)ccc2C1. The molecule has 1 amide bonds. The lowest BCUT2D eigenvalue weighted by molar-refractivity contribution is 0.0198. The van der Waals surface area contributed by atoms with E-state index in [0.29, 0.717) is 13.1 Å². The molecule has 1 aliphatic rings. The van der Waals surface area contributed by atoms with Crippen molar-refractivity contribution < 1.29 is 9.53 Å². The second kappa shape index (κ2) is 6.07. The Labute approximate surface area is 136 Å². The molecule has 2 aromatic heterocycles. The Hall–Kier alpha value is -2.30. The summed E-state index contributed by atoms with van der Waals surface area (Å²) < 4.78 is 7.76. The molecule has 0 radical (unpaired) electrons. The molecule has 0 saturated heterocycles. The summed E-state index contributed by atoms with van der Waals surface area (Å²) in [5, 5.41) is 0. The van der Waals surface area contributed by atoms with Crippen molar-refractivity contribution in [2.45, 2.75) is 45.9 Å². The number of hydrogen-bond donors (Lipinski definition) is 0. The van der Waals surface area contributed by atoms with E-state index in [9.17, 15) is 4.79 Å². The van der Waals surface area contributed by atoms with Gasteiger partial charge in [0.25, 0.3) is 0 Å². The van der Waals surface area contributed by atoms with Gasteiger partial charge in [-0.2, -0.15) is 0 Å². The number of aromatic nitrogens is 2. The molecule has 2 aromatic rings. The van der Waals surface area contributed by atoms with Crippen LogP contribution in [0.3, 0.4) is 0 Å². The third-order valence-electron chi connectivity index (χ3n) is 3.87. The second-order valence-electron chi connectivity index (χ2n) is 6.91. The van der Waals surface area contributed by atoms with Crippen molar-refractivity contribution in [3.8, 4) is 0 Å². The third-order valence-corrected chi connectivity index (χ3v) is 3.87. The van der Waals surface area contributed by atoms with Gasteiger partial charge in [-0.25, -0.2) is 4.79 Å². The van der Waals surface area contributed by atoms with E-state index in [4.69, 9.17) is 4.74 Å². The molecule has 0 bridgehead atoms. The van der Waals surface area contributed by atoms with Gasteiger partial charge in [0.2, 0.25) is 0 Å². The molecule has 0 saturated carbocycles. The maximum atomic E-state index is 12.2. The smallest absolute Gasteiger partial charge is 0.410 e. The van der Waals surface area contributed by atoms with Crippen LogP contribution < -0.4 is 0 Å². The molecule has 3 heterocycles. The van der Waals surface area contributed by atoms with Crippen molar-refractivity contribution in [2.75, 3.05) is 6.54 Å². The first-order valence-corrected chi connectivity index (χ1v) is 7.96. The van der Waals surface area contributed by atoms with Gasteiger partial charge < -0.3 is 14.2 Å². The van der Waals surface area contributed by atoms with Crippen molar-refractivity contribution in [3.63, 3.8) is 0 Å². The van der Waals surface area contributed by atoms with Crippen LogP contribution in [-0.4, -0.2) is 32.7 Å². The van der Waals surface area contributed by atoms with E-state index in [2.05, 4.69) is 27.8 Å². The second-order valence-corrected chi connectivity index (χ2v) is 6.91. The van der Waals surface area contributed by atoms with Crippen molar-refractivity contribution in [3.05, 3.63) is 53.6 Å². The fourth-order valence-electron chi connectivity index (χ4n) is 2.83. The molecule has 0 aromatic carbocycles. The van der Waals surface area contributed by atoms with E-state index in [1.165, 1.54) is 11.3 Å². The predicted octanol–water partition coefficient (Wildman–Crippen LogP) is 3.22. The van der Waals surface area contributed by atoms with Gasteiger partial charge in [-0.05, 0) is 44.5 Å². The maximum absolute atomic E-state index is 12.2. The largest absolute Gasteiger partial charge is 0.444 e. The molecule has 0 fully saturated rings. The zero-order valence-electron chi connectivity index (χ0n) is 14.0. The quantitative estimate of drug-likeness (QED) is 0.855. The Morgan fingerprint density at radius 1 is 1.26 bits per heavy atom. The minimum atomic E-state index is -0.456. The van der Waals surface area contributed by atoms with Gasteiger partial charge in [0.05, 0.1) is 6.54 Å². The zero-order valence-corrected chi connectivity index (χ0v) is 14.0. The van der Waals surface area contributed by atoms with Crippen LogP contribution in [0.1, 0.15) is 37.7 Å². The fraction of sp³-hybridized carbons (Fsp3) is 0.444. The number of pyridine rings is 1. The Bertz CT molecular complexity index is 686. The highest BCUT2D eigenvalue weighted by Gasteiger charge is 2.26. The van der Waals surface area contributed by atoms with E-state index in [1.54, 1.807) is 11.1 Å². The topological polar surface area (TPSA) is 47.4 Å². The van der Waals surface area contributed by atoms with Gasteiger partial charge in [-0.15, -0.1) is 0 Å². The molecule has 0 spiro atoms. The normalized spacial score (nSPS) is 14.5. The number of amides is 1. The molecule has 0 N–H and O–H groups in total. The summed E-state index contributed by atoms with van der Waals surface area (Å²) in [6, 6.07) is 8.28. The van der Waals surface area contributed by atoms with Gasteiger partial charge >= 0.3 is 6.09 Å². The molecule has 0 atom stereocenters. The maximum Gasteiger partial charge on any atom is 0.410 e. The number of fused-ring (bicyclic) bond motifs is 1. The minimum Gasteiger partial charge on any atom is -0.444 e. The molecular weight excluding hydrogens is 290 g/mol. The Kier molecular flexibility index (Phi) is 4.11. The van der Waals surface area contributed by atoms with E-state index in [-0.39, 0.29) is 6.09 Å². The fourth-order valence-corrected chi connectivity index (χ4v) is 2.83. The molecule has 5 heteroatoms. The lowest BCUT2D eigenvalue weighted by Gasteiger charge is -2.31. The van der Waals surface area contributed by atoms with Crippen LogP contribution in [0.2, 0.25) is 0 Å². The molecule has 1 aliphatic heterocycles. The van der Waals surface area contributed by atoms with E-state index in [0.717, 1.165) is 18.7 Å². The number of carbonyl (C=O) groups is 1. The first-order valence-electron chi connectivity index (χ1n) is 7.96. The highest BCUT2D eigenvalue weighted by Crippen LogP contribution is 2.21. The van der Waals surface area contributed by atoms with Crippen LogP contribution in [0.5, 0.6) is 0 Å². The van der Waals surface area contributed by atoms with Gasteiger partial charge in [0, 0.05) is 43.3 Å². The molecule has 122 valence electrons. The molecule has 0 aliphatic carbocycles. The van der Waals surface area contributed by atoms with Crippen molar-refractivity contribution >= 4 is 6.09 Å². The monoisotopic (exact) mass is 313 g/mol. The van der Waals surface area contributed by atoms with Crippen LogP contribution in [0, 0.1) is 0 Å². The summed E-state index contributed by atoms with van der Waals surface area (Å²) >= 11 is 0. The van der Waals surface area contributed by atoms with Crippen molar-refractivity contribution in [2.24, 2.45) is 0 Å². The highest BCUT2D eigenvalue weighted by molar-refractivity contribution is 5.68. The lowest BCUT2D eigenvalue weighted by Crippen LogP contribution is -2.41. The average Bonchev–Trinajstić information content (AvgIpc) is 2.89. The number of carbonyl (C=O) groups excluding carboxylic acids is 1. The van der Waals surface area contributed by atoms with Crippen LogP contribution in [0.4, 0.5) is 4.79 Å². The van der Waals surface area contributed by atoms with E-state index in [1.807, 2.05) is 33.0 Å². The molecular formula is C18H23N3O2. The molecule has 23 heavy (non-hydrogen) atoms. The van der Waals surface area contributed by atoms with Crippen LogP contribution in [-0.2, 0) is 24.2 Å². The summed E-state index contributed by atoms with van der Waals surface area (Å²) in [6.45, 7) is 7.76. The average molecular weight is 313 g/mol. The summed E-state index contributed by atoms with van der Waals surface area (Å²) in [7, 11) is 0. The number of hydrogen-bond acceptors (Lipinski definition) is 3. The summed E-state index contributed by atoms with van der Waals surface area (Å²) in [5.74, 6) is 0. The van der Waals surface area contributed by atoms with Gasteiger partial charge in [-0.3, -0.25) is 4.98 Å². The Balaban J connectivity index is 1.70. The van der Waals surface area contributed by atoms with E-state index < -0.39 is 5.60 Å². The van der Waals surface area contributed by atoms with Gasteiger partial charge in [-0.1, -0.05) is 6.07 Å². The standard InChI is InChI=1S/C18H23N3O2/c1-18(2,3)23-17(22)20-9-10-21-15(6-7-16(21)13-20)11-14-5-4-8-19-12-14/h4-8,12H,9-11,13H2,1-3H3. The van der Waals surface area contributed by atoms with Crippen molar-refractivity contribution in [1.82, 2.24) is 14.5 Å². The highest BCUT2D eigenvalue weighted by atomic mass is 16.6. The predicted molar refractivity (Wildman–Crippen MR) is 88.1 cm³/mol. The lowest BCUT2D eigenvalue weighted by atomic mass is 10.1. The molecule has 5 nitrogen and oxygen atoms in total. The zero-order chi connectivity index (χ0) is 16.4. The Morgan fingerprint density at radius 2 is 2.09 bits per heavy atom. The summed E-state index contributed by atoms with van der Waals surface area (Å²) in [5.41, 5.74) is 3.16. The number of rotatable bonds is 2. The van der Waals surface area contributed by atoms with Crippen LogP contribution in [0.15, 0.2) is 36.7 Å². The molecule has 3 rings (SSSR count). The van der Waals surface area contributed by atoms with Crippen molar-refractivity contribution in [1.29, 1.82) is 0 Å². The Morgan fingerprint density at radius 3 is 2.78 bits per heavy atom. The van der Waals surface area contributed by atoms with Gasteiger partial charge in [0.15, 0.2) is 0 Å². The first kappa shape index (κ1) is 15.6. The third kappa shape index (κ3) is 3.73. The number of nitrogens with zero attached hydrogens (tertiary/aromatic N) is 3. The first-order chi connectivity index (χ1) is 10.9. The van der Waals surface area contributed by atoms with Gasteiger partial charge in [0.1, 0.15) is 5.60 Å². The summed E-state index contributed by atoms with van der Waals surface area (Å²) in [6.07, 6.45) is 4.31. The van der Waals surface area contributed by atoms with Crippen LogP contribution in [0.25, 0.3) is 0 Å². The number of ether oxygens (including phenoxy) is 1. The van der Waals surface area contributed by atoms with Crippen LogP contribution >= 0.6 is 0 Å². The molecule has 0 unspecified atom stereocenters. The minimum absolute atomic E-state index is 0.237.